The highest BCUT2D eigenvalue weighted by Gasteiger charge is 2.31. The number of hydrogen-bond donors (Lipinski definition) is 2. The monoisotopic (exact) mass is 409 g/mol. The Kier molecular flexibility index (Phi) is 5.39. The van der Waals surface area contributed by atoms with Crippen molar-refractivity contribution in [2.75, 3.05) is 17.7 Å². The van der Waals surface area contributed by atoms with Crippen LogP contribution in [0.15, 0.2) is 48.5 Å². The Morgan fingerprint density at radius 3 is 2.47 bits per heavy atom. The second-order valence-electron chi connectivity index (χ2n) is 7.62. The lowest BCUT2D eigenvalue weighted by atomic mass is 9.93. The molecule has 0 radical (unpaired) electrons. The fourth-order valence-electron chi connectivity index (χ4n) is 3.50. The fraction of sp³-hybridized carbons (Fsp3) is 0.318. The van der Waals surface area contributed by atoms with Gasteiger partial charge in [0, 0.05) is 5.92 Å². The Balaban J connectivity index is 1.69. The largest absolute Gasteiger partial charge is 0.497 e. The molecule has 1 amide bonds. The molecule has 0 bridgehead atoms. The van der Waals surface area contributed by atoms with Gasteiger partial charge < -0.3 is 10.1 Å². The molecule has 1 aliphatic heterocycles. The highest BCUT2D eigenvalue weighted by atomic mass is 19.1. The number of aromatic nitrogens is 3. The Morgan fingerprint density at radius 1 is 1.17 bits per heavy atom. The van der Waals surface area contributed by atoms with Crippen LogP contribution in [0.4, 0.5) is 16.3 Å². The number of rotatable bonds is 5. The Hall–Kier alpha value is -3.42. The highest BCUT2D eigenvalue weighted by molar-refractivity contribution is 5.90. The number of methoxy groups -OCH3 is 1. The average Bonchev–Trinajstić information content (AvgIpc) is 3.16. The molecule has 4 rings (SSSR count). The summed E-state index contributed by atoms with van der Waals surface area (Å²) < 4.78 is 20.5. The van der Waals surface area contributed by atoms with Crippen LogP contribution in [0, 0.1) is 11.7 Å². The van der Waals surface area contributed by atoms with Crippen LogP contribution in [-0.2, 0) is 4.79 Å². The normalized spacial score (nSPS) is 17.9. The zero-order valence-corrected chi connectivity index (χ0v) is 17.1. The number of halogens is 1. The Bertz CT molecular complexity index is 1030. The summed E-state index contributed by atoms with van der Waals surface area (Å²) in [6, 6.07) is 14.0. The van der Waals surface area contributed by atoms with Crippen LogP contribution in [-0.4, -0.2) is 27.8 Å². The molecule has 0 aliphatic carbocycles. The molecular weight excluding hydrogens is 385 g/mol. The molecule has 8 heteroatoms. The lowest BCUT2D eigenvalue weighted by molar-refractivity contribution is -0.118. The molecule has 2 N–H and O–H groups in total. The third-order valence-corrected chi connectivity index (χ3v) is 5.22. The maximum Gasteiger partial charge on any atom is 0.250 e. The third kappa shape index (κ3) is 3.98. The highest BCUT2D eigenvalue weighted by Crippen LogP contribution is 2.38. The molecule has 3 aromatic rings. The van der Waals surface area contributed by atoms with E-state index in [-0.39, 0.29) is 35.7 Å². The summed E-state index contributed by atoms with van der Waals surface area (Å²) in [7, 11) is 1.63. The van der Waals surface area contributed by atoms with Gasteiger partial charge in [0.15, 0.2) is 0 Å². The standard InChI is InChI=1S/C22H24FN5O2/c1-13(2)20(29)25-21-26-22-24-18(14-6-10-17(30-3)11-7-14)12-19(28(22)27-21)15-4-8-16(23)9-5-15/h4-11,13,18-19H,12H2,1-3H3,(H2,24,25,26,27,29)/t18-,19+/m0/s1. The van der Waals surface area contributed by atoms with Gasteiger partial charge >= 0.3 is 0 Å². The van der Waals surface area contributed by atoms with E-state index in [0.717, 1.165) is 16.9 Å². The molecule has 7 nitrogen and oxygen atoms in total. The molecule has 1 aliphatic rings. The van der Waals surface area contributed by atoms with Gasteiger partial charge in [0.25, 0.3) is 5.95 Å². The van der Waals surface area contributed by atoms with Crippen molar-refractivity contribution in [2.45, 2.75) is 32.4 Å². The summed E-state index contributed by atoms with van der Waals surface area (Å²) in [5.74, 6) is 0.963. The zero-order chi connectivity index (χ0) is 21.3. The van der Waals surface area contributed by atoms with Crippen molar-refractivity contribution in [3.63, 3.8) is 0 Å². The maximum atomic E-state index is 13.5. The first kappa shape index (κ1) is 19.9. The van der Waals surface area contributed by atoms with Crippen molar-refractivity contribution in [2.24, 2.45) is 5.92 Å². The zero-order valence-electron chi connectivity index (χ0n) is 17.1. The van der Waals surface area contributed by atoms with Crippen LogP contribution < -0.4 is 15.4 Å². The van der Waals surface area contributed by atoms with E-state index in [1.54, 1.807) is 23.9 Å². The summed E-state index contributed by atoms with van der Waals surface area (Å²) in [6.45, 7) is 3.62. The number of carbonyl (C=O) groups is 1. The van der Waals surface area contributed by atoms with Gasteiger partial charge in [0.2, 0.25) is 11.9 Å². The fourth-order valence-corrected chi connectivity index (χ4v) is 3.50. The van der Waals surface area contributed by atoms with Crippen LogP contribution in [0.1, 0.15) is 43.5 Å². The smallest absolute Gasteiger partial charge is 0.250 e. The number of ether oxygens (including phenoxy) is 1. The summed E-state index contributed by atoms with van der Waals surface area (Å²) >= 11 is 0. The third-order valence-electron chi connectivity index (χ3n) is 5.22. The van der Waals surface area contributed by atoms with Gasteiger partial charge in [-0.1, -0.05) is 38.1 Å². The number of amides is 1. The van der Waals surface area contributed by atoms with Crippen molar-refractivity contribution in [3.8, 4) is 5.75 Å². The predicted octanol–water partition coefficient (Wildman–Crippen LogP) is 4.17. The van der Waals surface area contributed by atoms with Crippen LogP contribution >= 0.6 is 0 Å². The molecule has 0 saturated carbocycles. The first-order valence-corrected chi connectivity index (χ1v) is 9.88. The molecule has 2 aromatic carbocycles. The van der Waals surface area contributed by atoms with Crippen molar-refractivity contribution in [3.05, 3.63) is 65.5 Å². The molecule has 156 valence electrons. The van der Waals surface area contributed by atoms with Crippen molar-refractivity contribution in [1.82, 2.24) is 14.8 Å². The van der Waals surface area contributed by atoms with E-state index in [2.05, 4.69) is 20.7 Å². The van der Waals surface area contributed by atoms with E-state index in [0.29, 0.717) is 12.4 Å². The van der Waals surface area contributed by atoms with Crippen molar-refractivity contribution >= 4 is 17.8 Å². The van der Waals surface area contributed by atoms with Gasteiger partial charge in [-0.25, -0.2) is 9.07 Å². The SMILES string of the molecule is COc1ccc([C@@H]2C[C@H](c3ccc(F)cc3)n3nc(NC(=O)C(C)C)nc3N2)cc1. The minimum Gasteiger partial charge on any atom is -0.497 e. The Morgan fingerprint density at radius 2 is 1.83 bits per heavy atom. The summed E-state index contributed by atoms with van der Waals surface area (Å²) in [5.41, 5.74) is 1.99. The van der Waals surface area contributed by atoms with Gasteiger partial charge in [-0.15, -0.1) is 5.10 Å². The number of nitrogens with zero attached hydrogens (tertiary/aromatic N) is 3. The molecule has 0 saturated heterocycles. The van der Waals surface area contributed by atoms with Gasteiger partial charge in [-0.2, -0.15) is 4.98 Å². The summed E-state index contributed by atoms with van der Waals surface area (Å²) in [6.07, 6.45) is 0.686. The molecule has 0 fully saturated rings. The first-order chi connectivity index (χ1) is 14.4. The molecule has 2 heterocycles. The van der Waals surface area contributed by atoms with E-state index in [4.69, 9.17) is 4.74 Å². The minimum atomic E-state index is -0.289. The van der Waals surface area contributed by atoms with Crippen LogP contribution in [0.3, 0.4) is 0 Å². The minimum absolute atomic E-state index is 0.0312. The predicted molar refractivity (Wildman–Crippen MR) is 112 cm³/mol. The number of fused-ring (bicyclic) bond motifs is 1. The molecule has 0 unspecified atom stereocenters. The summed E-state index contributed by atoms with van der Waals surface area (Å²) in [4.78, 5) is 16.6. The number of anilines is 2. The number of benzene rings is 2. The maximum absolute atomic E-state index is 13.5. The van der Waals surface area contributed by atoms with Crippen LogP contribution in [0.2, 0.25) is 0 Å². The average molecular weight is 409 g/mol. The van der Waals surface area contributed by atoms with Gasteiger partial charge in [0.05, 0.1) is 19.2 Å². The number of nitrogens with one attached hydrogen (secondary N) is 2. The van der Waals surface area contributed by atoms with E-state index in [1.165, 1.54) is 12.1 Å². The molecule has 2 atom stereocenters. The van der Waals surface area contributed by atoms with Crippen molar-refractivity contribution in [1.29, 1.82) is 0 Å². The molecule has 1 aromatic heterocycles. The quantitative estimate of drug-likeness (QED) is 0.661. The lowest BCUT2D eigenvalue weighted by Crippen LogP contribution is -2.28. The van der Waals surface area contributed by atoms with Crippen molar-refractivity contribution < 1.29 is 13.9 Å². The van der Waals surface area contributed by atoms with Gasteiger partial charge in [-0.05, 0) is 41.8 Å². The molecule has 0 spiro atoms. The number of carbonyl (C=O) groups excluding carboxylic acids is 1. The second kappa shape index (κ2) is 8.14. The lowest BCUT2D eigenvalue weighted by Gasteiger charge is -2.31. The van der Waals surface area contributed by atoms with E-state index in [1.807, 2.05) is 38.1 Å². The van der Waals surface area contributed by atoms with Gasteiger partial charge in [-0.3, -0.25) is 10.1 Å². The first-order valence-electron chi connectivity index (χ1n) is 9.88. The Labute approximate surface area is 174 Å². The topological polar surface area (TPSA) is 81.1 Å². The van der Waals surface area contributed by atoms with E-state index >= 15 is 0 Å². The second-order valence-corrected chi connectivity index (χ2v) is 7.62. The molecule has 30 heavy (non-hydrogen) atoms. The van der Waals surface area contributed by atoms with Crippen LogP contribution in [0.5, 0.6) is 5.75 Å². The van der Waals surface area contributed by atoms with Gasteiger partial charge in [0.1, 0.15) is 11.6 Å². The summed E-state index contributed by atoms with van der Waals surface area (Å²) in [5, 5.41) is 10.7. The number of hydrogen-bond acceptors (Lipinski definition) is 5. The van der Waals surface area contributed by atoms with E-state index < -0.39 is 0 Å². The van der Waals surface area contributed by atoms with Crippen LogP contribution in [0.25, 0.3) is 0 Å². The molecular formula is C22H24FN5O2. The van der Waals surface area contributed by atoms with E-state index in [9.17, 15) is 9.18 Å².